The Kier molecular flexibility index (Phi) is 5.89. The summed E-state index contributed by atoms with van der Waals surface area (Å²) in [5.41, 5.74) is 2.17. The Labute approximate surface area is 174 Å². The largest absolute Gasteiger partial charge is 0.486 e. The average Bonchev–Trinajstić information content (AvgIpc) is 3.28. The number of hydrogen-bond donors (Lipinski definition) is 0. The van der Waals surface area contributed by atoms with E-state index in [1.165, 1.54) is 24.5 Å². The van der Waals surface area contributed by atoms with Gasteiger partial charge in [0.15, 0.2) is 0 Å². The minimum Gasteiger partial charge on any atom is -0.486 e. The zero-order chi connectivity index (χ0) is 21.6. The molecule has 0 aliphatic carbocycles. The molecule has 0 spiro atoms. The van der Waals surface area contributed by atoms with Gasteiger partial charge in [0.05, 0.1) is 17.5 Å². The SMILES string of the molecule is Fc1cccc(C#Cc2cncc(OCc3ccc(-c4nnc(C(F)F)o4)cn3)c2)c1. The molecule has 4 aromatic rings. The molecule has 0 fully saturated rings. The summed E-state index contributed by atoms with van der Waals surface area (Å²) in [7, 11) is 0. The van der Waals surface area contributed by atoms with E-state index in [1.807, 2.05) is 0 Å². The van der Waals surface area contributed by atoms with Crippen molar-refractivity contribution in [1.29, 1.82) is 0 Å². The van der Waals surface area contributed by atoms with Gasteiger partial charge in [0.1, 0.15) is 18.2 Å². The normalized spacial score (nSPS) is 10.6. The van der Waals surface area contributed by atoms with E-state index in [9.17, 15) is 13.2 Å². The van der Waals surface area contributed by atoms with Crippen molar-refractivity contribution in [3.8, 4) is 29.0 Å². The van der Waals surface area contributed by atoms with Crippen LogP contribution in [0.15, 0.2) is 65.5 Å². The molecule has 6 nitrogen and oxygen atoms in total. The molecular weight excluding hydrogens is 409 g/mol. The summed E-state index contributed by atoms with van der Waals surface area (Å²) in [5.74, 6) is 5.13. The van der Waals surface area contributed by atoms with Crippen LogP contribution in [0.25, 0.3) is 11.5 Å². The molecule has 4 rings (SSSR count). The highest BCUT2D eigenvalue weighted by atomic mass is 19.3. The number of nitrogens with zero attached hydrogens (tertiary/aromatic N) is 4. The molecule has 0 saturated heterocycles. The zero-order valence-electron chi connectivity index (χ0n) is 15.8. The summed E-state index contributed by atoms with van der Waals surface area (Å²) in [6.45, 7) is 0.148. The van der Waals surface area contributed by atoms with Gasteiger partial charge in [-0.3, -0.25) is 9.97 Å². The van der Waals surface area contributed by atoms with Gasteiger partial charge < -0.3 is 9.15 Å². The summed E-state index contributed by atoms with van der Waals surface area (Å²) in [5, 5.41) is 6.86. The fourth-order valence-electron chi connectivity index (χ4n) is 2.51. The fraction of sp³-hybridized carbons (Fsp3) is 0.0909. The van der Waals surface area contributed by atoms with E-state index in [2.05, 4.69) is 32.0 Å². The minimum absolute atomic E-state index is 0.0379. The highest BCUT2D eigenvalue weighted by Crippen LogP contribution is 2.23. The molecule has 0 saturated carbocycles. The standard InChI is InChI=1S/C22H13F3N4O2/c23-17-3-1-2-14(8-17)4-5-15-9-19(12-26-10-15)30-13-18-7-6-16(11-27-18)21-28-29-22(31-21)20(24)25/h1-3,6-12,20H,13H2. The molecule has 0 aliphatic heterocycles. The molecule has 0 atom stereocenters. The predicted octanol–water partition coefficient (Wildman–Crippen LogP) is 4.58. The van der Waals surface area contributed by atoms with Crippen molar-refractivity contribution in [3.05, 3.63) is 89.6 Å². The van der Waals surface area contributed by atoms with Gasteiger partial charge in [0.2, 0.25) is 5.89 Å². The second-order valence-electron chi connectivity index (χ2n) is 6.24. The van der Waals surface area contributed by atoms with Crippen molar-refractivity contribution in [2.45, 2.75) is 13.0 Å². The summed E-state index contributed by atoms with van der Waals surface area (Å²) < 4.78 is 48.9. The van der Waals surface area contributed by atoms with Crippen LogP contribution in [0, 0.1) is 17.7 Å². The van der Waals surface area contributed by atoms with Crippen molar-refractivity contribution in [2.24, 2.45) is 0 Å². The Balaban J connectivity index is 1.40. The topological polar surface area (TPSA) is 73.9 Å². The highest BCUT2D eigenvalue weighted by Gasteiger charge is 2.17. The number of ether oxygens (including phenoxy) is 1. The number of pyridine rings is 2. The van der Waals surface area contributed by atoms with Gasteiger partial charge in [-0.15, -0.1) is 10.2 Å². The summed E-state index contributed by atoms with van der Waals surface area (Å²) in [6, 6.07) is 11.0. The summed E-state index contributed by atoms with van der Waals surface area (Å²) >= 11 is 0. The van der Waals surface area contributed by atoms with Gasteiger partial charge in [-0.1, -0.05) is 17.9 Å². The average molecular weight is 422 g/mol. The molecule has 0 N–H and O–H groups in total. The Morgan fingerprint density at radius 2 is 1.84 bits per heavy atom. The molecule has 0 bridgehead atoms. The van der Waals surface area contributed by atoms with Crippen LogP contribution in [-0.4, -0.2) is 20.2 Å². The predicted molar refractivity (Wildman–Crippen MR) is 103 cm³/mol. The number of alkyl halides is 2. The van der Waals surface area contributed by atoms with Gasteiger partial charge in [-0.2, -0.15) is 8.78 Å². The molecule has 31 heavy (non-hydrogen) atoms. The van der Waals surface area contributed by atoms with Crippen molar-refractivity contribution in [3.63, 3.8) is 0 Å². The van der Waals surface area contributed by atoms with Crippen LogP contribution < -0.4 is 4.74 Å². The molecule has 1 aromatic carbocycles. The third-order valence-corrected chi connectivity index (χ3v) is 3.97. The lowest BCUT2D eigenvalue weighted by Gasteiger charge is -2.06. The lowest BCUT2D eigenvalue weighted by molar-refractivity contribution is 0.116. The molecule has 9 heteroatoms. The Bertz CT molecular complexity index is 1250. The quantitative estimate of drug-likeness (QED) is 0.438. The first kappa shape index (κ1) is 20.1. The number of rotatable bonds is 5. The van der Waals surface area contributed by atoms with Crippen LogP contribution in [-0.2, 0) is 6.61 Å². The first-order valence-electron chi connectivity index (χ1n) is 8.99. The van der Waals surface area contributed by atoms with Crippen LogP contribution in [0.1, 0.15) is 29.1 Å². The summed E-state index contributed by atoms with van der Waals surface area (Å²) in [4.78, 5) is 8.29. The molecule has 154 valence electrons. The van der Waals surface area contributed by atoms with Gasteiger partial charge in [-0.25, -0.2) is 4.39 Å². The second kappa shape index (κ2) is 9.09. The smallest absolute Gasteiger partial charge is 0.314 e. The molecule has 3 heterocycles. The van der Waals surface area contributed by atoms with Gasteiger partial charge in [0.25, 0.3) is 5.89 Å². The van der Waals surface area contributed by atoms with Crippen LogP contribution in [0.3, 0.4) is 0 Å². The maximum absolute atomic E-state index is 13.2. The number of hydrogen-bond acceptors (Lipinski definition) is 6. The molecule has 0 unspecified atom stereocenters. The van der Waals surface area contributed by atoms with Crippen molar-refractivity contribution in [2.75, 3.05) is 0 Å². The molecule has 0 aliphatic rings. The molecular formula is C22H13F3N4O2. The number of aromatic nitrogens is 4. The monoisotopic (exact) mass is 422 g/mol. The minimum atomic E-state index is -2.83. The van der Waals surface area contributed by atoms with Crippen LogP contribution in [0.2, 0.25) is 0 Å². The Morgan fingerprint density at radius 3 is 2.58 bits per heavy atom. The van der Waals surface area contributed by atoms with Crippen LogP contribution >= 0.6 is 0 Å². The van der Waals surface area contributed by atoms with E-state index in [1.54, 1.807) is 36.5 Å². The highest BCUT2D eigenvalue weighted by molar-refractivity contribution is 5.50. The van der Waals surface area contributed by atoms with E-state index >= 15 is 0 Å². The van der Waals surface area contributed by atoms with E-state index in [-0.39, 0.29) is 18.3 Å². The first-order valence-corrected chi connectivity index (χ1v) is 8.99. The third kappa shape index (κ3) is 5.25. The zero-order valence-corrected chi connectivity index (χ0v) is 15.8. The van der Waals surface area contributed by atoms with E-state index in [4.69, 9.17) is 9.15 Å². The third-order valence-electron chi connectivity index (χ3n) is 3.97. The van der Waals surface area contributed by atoms with Gasteiger partial charge in [-0.05, 0) is 36.4 Å². The van der Waals surface area contributed by atoms with Crippen LogP contribution in [0.5, 0.6) is 5.75 Å². The van der Waals surface area contributed by atoms with E-state index in [0.29, 0.717) is 28.1 Å². The Morgan fingerprint density at radius 1 is 0.968 bits per heavy atom. The van der Waals surface area contributed by atoms with Crippen molar-refractivity contribution in [1.82, 2.24) is 20.2 Å². The van der Waals surface area contributed by atoms with E-state index in [0.717, 1.165) is 0 Å². The molecule has 0 amide bonds. The summed E-state index contributed by atoms with van der Waals surface area (Å²) in [6.07, 6.45) is 1.71. The fourth-order valence-corrected chi connectivity index (χ4v) is 2.51. The molecule has 0 radical (unpaired) electrons. The van der Waals surface area contributed by atoms with E-state index < -0.39 is 12.3 Å². The first-order chi connectivity index (χ1) is 15.1. The van der Waals surface area contributed by atoms with Crippen LogP contribution in [0.4, 0.5) is 13.2 Å². The second-order valence-corrected chi connectivity index (χ2v) is 6.24. The lowest BCUT2D eigenvalue weighted by Crippen LogP contribution is -1.99. The molecule has 3 aromatic heterocycles. The number of benzene rings is 1. The van der Waals surface area contributed by atoms with Gasteiger partial charge in [0, 0.05) is 23.5 Å². The van der Waals surface area contributed by atoms with Crippen molar-refractivity contribution < 1.29 is 22.3 Å². The number of halogens is 3. The van der Waals surface area contributed by atoms with Gasteiger partial charge >= 0.3 is 6.43 Å². The maximum Gasteiger partial charge on any atom is 0.314 e. The lowest BCUT2D eigenvalue weighted by atomic mass is 10.2. The van der Waals surface area contributed by atoms with Crippen molar-refractivity contribution >= 4 is 0 Å². The Hall–Kier alpha value is -4.19. The maximum atomic E-state index is 13.2.